The fourth-order valence-electron chi connectivity index (χ4n) is 3.29. The topological polar surface area (TPSA) is 80.1 Å². The van der Waals surface area contributed by atoms with Gasteiger partial charge in [0.05, 0.1) is 14.2 Å². The normalized spacial score (nSPS) is 14.8. The van der Waals surface area contributed by atoms with E-state index in [0.717, 1.165) is 69.0 Å². The maximum atomic E-state index is 12.0. The minimum Gasteiger partial charge on any atom is -0.493 e. The highest BCUT2D eigenvalue weighted by atomic mass is 16.5. The summed E-state index contributed by atoms with van der Waals surface area (Å²) in [6, 6.07) is 0. The molecule has 3 N–H and O–H groups in total. The summed E-state index contributed by atoms with van der Waals surface area (Å²) in [4.78, 5) is 16.5. The lowest BCUT2D eigenvalue weighted by atomic mass is 10.1. The molecular weight excluding hydrogens is 392 g/mol. The van der Waals surface area contributed by atoms with Gasteiger partial charge >= 0.3 is 0 Å². The Morgan fingerprint density at radius 1 is 1.00 bits per heavy atom. The number of unbranched alkanes of at least 4 members (excludes halogenated alkanes) is 1. The van der Waals surface area contributed by atoms with Crippen LogP contribution in [0.2, 0.25) is 0 Å². The van der Waals surface area contributed by atoms with Gasteiger partial charge < -0.3 is 30.3 Å². The molecule has 0 saturated carbocycles. The van der Waals surface area contributed by atoms with Gasteiger partial charge in [-0.15, -0.1) is 0 Å². The largest absolute Gasteiger partial charge is 0.493 e. The van der Waals surface area contributed by atoms with Gasteiger partial charge in [-0.05, 0) is 39.2 Å². The summed E-state index contributed by atoms with van der Waals surface area (Å²) < 4.78 is 10.5. The molecule has 1 fully saturated rings. The minimum atomic E-state index is 0.0546. The number of nitrogens with zero attached hydrogens (tertiary/aromatic N) is 2. The molecule has 0 aromatic heterocycles. The Morgan fingerprint density at radius 2 is 1.65 bits per heavy atom. The number of nitrogens with one attached hydrogen (secondary N) is 1. The van der Waals surface area contributed by atoms with Gasteiger partial charge in [0.1, 0.15) is 0 Å². The SMILES string of the molecule is C=C(OC)/C(=C\C(=C)N1CCN(C(=C)CC/C(=C\C)NC(=O)CCCCN)CC1)OC. The number of ether oxygens (including phenoxy) is 2. The van der Waals surface area contributed by atoms with Gasteiger partial charge in [-0.3, -0.25) is 4.79 Å². The first kappa shape index (κ1) is 26.4. The van der Waals surface area contributed by atoms with E-state index < -0.39 is 0 Å². The molecule has 7 nitrogen and oxygen atoms in total. The second-order valence-electron chi connectivity index (χ2n) is 7.48. The molecule has 1 rings (SSSR count). The van der Waals surface area contributed by atoms with Crippen molar-refractivity contribution < 1.29 is 14.3 Å². The van der Waals surface area contributed by atoms with Crippen LogP contribution in [0, 0.1) is 0 Å². The molecule has 1 amide bonds. The number of piperazine rings is 1. The molecule has 174 valence electrons. The van der Waals surface area contributed by atoms with E-state index in [2.05, 4.69) is 34.9 Å². The smallest absolute Gasteiger partial charge is 0.224 e. The second-order valence-corrected chi connectivity index (χ2v) is 7.48. The molecule has 0 radical (unpaired) electrons. The quantitative estimate of drug-likeness (QED) is 0.249. The van der Waals surface area contributed by atoms with Gasteiger partial charge in [-0.25, -0.2) is 0 Å². The second kappa shape index (κ2) is 14.4. The standard InChI is InChI=1S/C24H40N4O3/c1-7-22(26-24(29)10-8-9-13-25)12-11-19(2)27-14-16-28(17-15-27)20(3)18-23(31-6)21(4)30-5/h7,18H,2-4,8-17,25H2,1,5-6H3,(H,26,29)/b22-7+,23-18+. The Bertz CT molecular complexity index is 689. The van der Waals surface area contributed by atoms with Crippen molar-refractivity contribution in [1.82, 2.24) is 15.1 Å². The van der Waals surface area contributed by atoms with Crippen LogP contribution < -0.4 is 11.1 Å². The number of carbonyl (C=O) groups is 1. The highest BCUT2D eigenvalue weighted by Crippen LogP contribution is 2.19. The van der Waals surface area contributed by atoms with Gasteiger partial charge in [0.2, 0.25) is 5.91 Å². The summed E-state index contributed by atoms with van der Waals surface area (Å²) in [6.07, 6.45) is 7.60. The Labute approximate surface area is 187 Å². The van der Waals surface area contributed by atoms with E-state index in [0.29, 0.717) is 24.5 Å². The first-order chi connectivity index (χ1) is 14.9. The van der Waals surface area contributed by atoms with Crippen LogP contribution in [0.25, 0.3) is 0 Å². The van der Waals surface area contributed by atoms with E-state index >= 15 is 0 Å². The van der Waals surface area contributed by atoms with E-state index in [-0.39, 0.29) is 5.91 Å². The van der Waals surface area contributed by atoms with E-state index in [4.69, 9.17) is 15.2 Å². The van der Waals surface area contributed by atoms with Crippen LogP contribution in [0.1, 0.15) is 39.0 Å². The van der Waals surface area contributed by atoms with Crippen LogP contribution in [-0.2, 0) is 14.3 Å². The maximum absolute atomic E-state index is 12.0. The van der Waals surface area contributed by atoms with Crippen molar-refractivity contribution in [2.45, 2.75) is 39.0 Å². The van der Waals surface area contributed by atoms with Gasteiger partial charge in [0.15, 0.2) is 11.5 Å². The third-order valence-corrected chi connectivity index (χ3v) is 5.36. The number of hydrogen-bond acceptors (Lipinski definition) is 6. The lowest BCUT2D eigenvalue weighted by Gasteiger charge is -2.38. The predicted octanol–water partition coefficient (Wildman–Crippen LogP) is 3.25. The van der Waals surface area contributed by atoms with E-state index in [9.17, 15) is 4.79 Å². The molecule has 0 aromatic carbocycles. The first-order valence-electron chi connectivity index (χ1n) is 10.9. The Kier molecular flexibility index (Phi) is 12.2. The van der Waals surface area contributed by atoms with Crippen LogP contribution >= 0.6 is 0 Å². The first-order valence-corrected chi connectivity index (χ1v) is 10.9. The zero-order valence-electron chi connectivity index (χ0n) is 19.5. The Morgan fingerprint density at radius 3 is 2.19 bits per heavy atom. The van der Waals surface area contributed by atoms with Crippen LogP contribution in [0.5, 0.6) is 0 Å². The molecule has 0 bridgehead atoms. The molecule has 1 heterocycles. The third-order valence-electron chi connectivity index (χ3n) is 5.36. The van der Waals surface area contributed by atoms with Crippen molar-refractivity contribution in [3.05, 3.63) is 60.5 Å². The lowest BCUT2D eigenvalue weighted by molar-refractivity contribution is -0.120. The zero-order valence-corrected chi connectivity index (χ0v) is 19.5. The van der Waals surface area contributed by atoms with E-state index in [1.165, 1.54) is 0 Å². The number of carbonyl (C=O) groups excluding carboxylic acids is 1. The molecular formula is C24H40N4O3. The Hall–Kier alpha value is -2.67. The van der Waals surface area contributed by atoms with Crippen molar-refractivity contribution in [3.8, 4) is 0 Å². The molecule has 31 heavy (non-hydrogen) atoms. The summed E-state index contributed by atoms with van der Waals surface area (Å²) >= 11 is 0. The fourth-order valence-corrected chi connectivity index (χ4v) is 3.29. The molecule has 0 unspecified atom stereocenters. The van der Waals surface area contributed by atoms with Gasteiger partial charge in [0.25, 0.3) is 0 Å². The third kappa shape index (κ3) is 9.34. The fraction of sp³-hybridized carbons (Fsp3) is 0.542. The molecule has 7 heteroatoms. The molecule has 1 saturated heterocycles. The summed E-state index contributed by atoms with van der Waals surface area (Å²) in [5, 5.41) is 3.01. The average molecular weight is 433 g/mol. The number of methoxy groups -OCH3 is 2. The van der Waals surface area contributed by atoms with Gasteiger partial charge in [-0.2, -0.15) is 0 Å². The van der Waals surface area contributed by atoms with Crippen molar-refractivity contribution in [2.24, 2.45) is 5.73 Å². The molecule has 0 atom stereocenters. The average Bonchev–Trinajstić information content (AvgIpc) is 2.79. The van der Waals surface area contributed by atoms with Crippen molar-refractivity contribution >= 4 is 5.91 Å². The molecule has 1 aliphatic rings. The number of nitrogens with two attached hydrogens (primary N) is 1. The summed E-state index contributed by atoms with van der Waals surface area (Å²) in [5.41, 5.74) is 8.38. The van der Waals surface area contributed by atoms with Crippen molar-refractivity contribution in [1.29, 1.82) is 0 Å². The number of allylic oxidation sites excluding steroid dienone is 4. The Balaban J connectivity index is 2.46. The monoisotopic (exact) mass is 432 g/mol. The summed E-state index contributed by atoms with van der Waals surface area (Å²) in [5.74, 6) is 1.10. The number of rotatable bonds is 14. The van der Waals surface area contributed by atoms with Crippen LogP contribution in [0.3, 0.4) is 0 Å². The van der Waals surface area contributed by atoms with Gasteiger partial charge in [0, 0.05) is 55.8 Å². The summed E-state index contributed by atoms with van der Waals surface area (Å²) in [7, 11) is 3.15. The number of hydrogen-bond donors (Lipinski definition) is 2. The van der Waals surface area contributed by atoms with Crippen LogP contribution in [0.15, 0.2) is 60.5 Å². The van der Waals surface area contributed by atoms with Gasteiger partial charge in [-0.1, -0.05) is 25.8 Å². The van der Waals surface area contributed by atoms with Crippen LogP contribution in [-0.4, -0.2) is 62.7 Å². The van der Waals surface area contributed by atoms with Crippen molar-refractivity contribution in [3.63, 3.8) is 0 Å². The van der Waals surface area contributed by atoms with Crippen LogP contribution in [0.4, 0.5) is 0 Å². The lowest BCUT2D eigenvalue weighted by Crippen LogP contribution is -2.44. The molecule has 0 aromatic rings. The highest BCUT2D eigenvalue weighted by molar-refractivity contribution is 5.77. The van der Waals surface area contributed by atoms with Crippen molar-refractivity contribution in [2.75, 3.05) is 46.9 Å². The molecule has 1 aliphatic heterocycles. The molecule has 0 aliphatic carbocycles. The number of amides is 1. The molecule has 0 spiro atoms. The zero-order chi connectivity index (χ0) is 23.2. The summed E-state index contributed by atoms with van der Waals surface area (Å²) in [6.45, 7) is 18.2. The predicted molar refractivity (Wildman–Crippen MR) is 127 cm³/mol. The van der Waals surface area contributed by atoms with E-state index in [1.807, 2.05) is 19.1 Å². The maximum Gasteiger partial charge on any atom is 0.224 e. The highest BCUT2D eigenvalue weighted by Gasteiger charge is 2.19. The minimum absolute atomic E-state index is 0.0546. The van der Waals surface area contributed by atoms with E-state index in [1.54, 1.807) is 14.2 Å².